The largest absolute Gasteiger partial charge is 0.480 e. The van der Waals surface area contributed by atoms with Crippen LogP contribution in [0, 0.1) is 5.92 Å². The summed E-state index contributed by atoms with van der Waals surface area (Å²) in [5, 5.41) is 11.9. The number of rotatable bonds is 1. The molecule has 2 unspecified atom stereocenters. The Bertz CT molecular complexity index is 175. The van der Waals surface area contributed by atoms with Gasteiger partial charge in [0.15, 0.2) is 0 Å². The summed E-state index contributed by atoms with van der Waals surface area (Å²) in [6.45, 7) is 0.909. The molecule has 1 saturated carbocycles. The molecule has 64 valence electrons. The minimum Gasteiger partial charge on any atom is -0.480 e. The Kier molecular flexibility index (Phi) is 2.12. The molecule has 1 heterocycles. The van der Waals surface area contributed by atoms with Crippen molar-refractivity contribution < 1.29 is 9.90 Å². The molecule has 4 heteroatoms. The normalized spacial score (nSPS) is 40.2. The second-order valence-electron chi connectivity index (χ2n) is 3.38. The van der Waals surface area contributed by atoms with Crippen LogP contribution in [0.1, 0.15) is 19.3 Å². The fourth-order valence-corrected chi connectivity index (χ4v) is 2.09. The maximum Gasteiger partial charge on any atom is 0.323 e. The second kappa shape index (κ2) is 2.64. The molecule has 1 saturated heterocycles. The third kappa shape index (κ3) is 1.12. The molecule has 1 aliphatic carbocycles. The van der Waals surface area contributed by atoms with Gasteiger partial charge in [-0.3, -0.25) is 4.79 Å². The zero-order valence-electron chi connectivity index (χ0n) is 6.17. The van der Waals surface area contributed by atoms with Gasteiger partial charge in [0, 0.05) is 0 Å². The van der Waals surface area contributed by atoms with E-state index in [0.29, 0.717) is 5.92 Å². The van der Waals surface area contributed by atoms with Crippen LogP contribution in [-0.2, 0) is 4.79 Å². The molecule has 1 aliphatic heterocycles. The Hall–Kier alpha value is -0.280. The lowest BCUT2D eigenvalue weighted by Crippen LogP contribution is -2.47. The maximum absolute atomic E-state index is 10.7. The highest BCUT2D eigenvalue weighted by Gasteiger charge is 2.50. The Morgan fingerprint density at radius 1 is 1.64 bits per heavy atom. The summed E-state index contributed by atoms with van der Waals surface area (Å²) in [7, 11) is 0. The molecule has 0 radical (unpaired) electrons. The van der Waals surface area contributed by atoms with E-state index in [1.165, 1.54) is 0 Å². The van der Waals surface area contributed by atoms with Crippen molar-refractivity contribution in [3.8, 4) is 0 Å². The van der Waals surface area contributed by atoms with Gasteiger partial charge >= 0.3 is 5.97 Å². The monoisotopic (exact) mass is 177 g/mol. The number of halogens is 1. The minimum absolute atomic E-state index is 0. The summed E-state index contributed by atoms with van der Waals surface area (Å²) in [5.74, 6) is -0.0244. The van der Waals surface area contributed by atoms with Gasteiger partial charge in [-0.2, -0.15) is 0 Å². The molecule has 2 atom stereocenters. The zero-order valence-corrected chi connectivity index (χ0v) is 6.99. The second-order valence-corrected chi connectivity index (χ2v) is 3.38. The molecule has 2 aliphatic rings. The number of carbonyl (C=O) groups is 1. The summed E-state index contributed by atoms with van der Waals surface area (Å²) in [5.41, 5.74) is -0.523. The molecule has 0 aromatic carbocycles. The first-order chi connectivity index (χ1) is 4.73. The fraction of sp³-hybridized carbons (Fsp3) is 0.857. The third-order valence-corrected chi connectivity index (χ3v) is 2.76. The summed E-state index contributed by atoms with van der Waals surface area (Å²) in [6, 6.07) is 0. The Morgan fingerprint density at radius 2 is 2.36 bits per heavy atom. The fourth-order valence-electron chi connectivity index (χ4n) is 2.09. The van der Waals surface area contributed by atoms with Gasteiger partial charge in [0.2, 0.25) is 0 Å². The first-order valence-electron chi connectivity index (χ1n) is 3.71. The number of hydrogen-bond donors (Lipinski definition) is 2. The van der Waals surface area contributed by atoms with E-state index in [4.69, 9.17) is 5.11 Å². The predicted octanol–water partition coefficient (Wildman–Crippen LogP) is 0.635. The molecule has 2 rings (SSSR count). The summed E-state index contributed by atoms with van der Waals surface area (Å²) in [6.07, 6.45) is 2.77. The predicted molar refractivity (Wildman–Crippen MR) is 43.0 cm³/mol. The molecule has 0 aromatic heterocycles. The average Bonchev–Trinajstić information content (AvgIpc) is 2.45. The van der Waals surface area contributed by atoms with Crippen LogP contribution in [0.25, 0.3) is 0 Å². The number of nitrogens with one attached hydrogen (secondary N) is 1. The van der Waals surface area contributed by atoms with Gasteiger partial charge in [-0.05, 0) is 31.7 Å². The lowest BCUT2D eigenvalue weighted by atomic mass is 10.0. The molecule has 0 spiro atoms. The lowest BCUT2D eigenvalue weighted by Gasteiger charge is -2.21. The Labute approximate surface area is 71.6 Å². The Balaban J connectivity index is 0.000000605. The van der Waals surface area contributed by atoms with Gasteiger partial charge in [0.05, 0.1) is 0 Å². The van der Waals surface area contributed by atoms with Crippen LogP contribution in [0.15, 0.2) is 0 Å². The van der Waals surface area contributed by atoms with Crippen LogP contribution in [0.4, 0.5) is 0 Å². The molecule has 11 heavy (non-hydrogen) atoms. The number of carboxylic acids is 1. The number of hydrogen-bond acceptors (Lipinski definition) is 2. The smallest absolute Gasteiger partial charge is 0.323 e. The SMILES string of the molecule is Cl.O=C(O)C12CCC(CN1)C2. The minimum atomic E-state index is -0.660. The summed E-state index contributed by atoms with van der Waals surface area (Å²) >= 11 is 0. The van der Waals surface area contributed by atoms with Crippen molar-refractivity contribution >= 4 is 18.4 Å². The first-order valence-corrected chi connectivity index (χ1v) is 3.71. The summed E-state index contributed by atoms with van der Waals surface area (Å²) in [4.78, 5) is 10.7. The van der Waals surface area contributed by atoms with Crippen molar-refractivity contribution in [3.63, 3.8) is 0 Å². The third-order valence-electron chi connectivity index (χ3n) is 2.76. The van der Waals surface area contributed by atoms with Crippen LogP contribution in [0.5, 0.6) is 0 Å². The number of piperidine rings is 1. The van der Waals surface area contributed by atoms with Crippen molar-refractivity contribution in [1.82, 2.24) is 5.32 Å². The quantitative estimate of drug-likeness (QED) is 0.618. The molecule has 3 nitrogen and oxygen atoms in total. The van der Waals surface area contributed by atoms with Crippen LogP contribution < -0.4 is 5.32 Å². The highest BCUT2D eigenvalue weighted by Crippen LogP contribution is 2.39. The van der Waals surface area contributed by atoms with E-state index in [1.54, 1.807) is 0 Å². The average molecular weight is 178 g/mol. The highest BCUT2D eigenvalue weighted by atomic mass is 35.5. The molecule has 2 N–H and O–H groups in total. The molecule has 0 aromatic rings. The molecular weight excluding hydrogens is 166 g/mol. The number of carboxylic acid groups (broad SMARTS) is 1. The van der Waals surface area contributed by atoms with E-state index in [1.807, 2.05) is 0 Å². The van der Waals surface area contributed by atoms with Gasteiger partial charge in [-0.25, -0.2) is 0 Å². The van der Waals surface area contributed by atoms with Crippen molar-refractivity contribution in [2.75, 3.05) is 6.54 Å². The standard InChI is InChI=1S/C7H11NO2.ClH/c9-6(10)7-2-1-5(3-7)4-8-7;/h5,8H,1-4H2,(H,9,10);1H. The molecule has 0 amide bonds. The van der Waals surface area contributed by atoms with Crippen LogP contribution in [-0.4, -0.2) is 23.2 Å². The van der Waals surface area contributed by atoms with E-state index in [9.17, 15) is 4.79 Å². The van der Waals surface area contributed by atoms with E-state index >= 15 is 0 Å². The zero-order chi connectivity index (χ0) is 7.19. The van der Waals surface area contributed by atoms with Gasteiger partial charge in [-0.15, -0.1) is 12.4 Å². The first kappa shape index (κ1) is 8.81. The van der Waals surface area contributed by atoms with E-state index < -0.39 is 11.5 Å². The van der Waals surface area contributed by atoms with Gasteiger partial charge in [0.25, 0.3) is 0 Å². The number of fused-ring (bicyclic) bond motifs is 2. The van der Waals surface area contributed by atoms with Crippen molar-refractivity contribution in [3.05, 3.63) is 0 Å². The molecular formula is C7H12ClNO2. The van der Waals surface area contributed by atoms with Gasteiger partial charge in [0.1, 0.15) is 5.54 Å². The molecule has 2 bridgehead atoms. The van der Waals surface area contributed by atoms with E-state index in [2.05, 4.69) is 5.32 Å². The molecule has 2 fully saturated rings. The van der Waals surface area contributed by atoms with E-state index in [0.717, 1.165) is 25.8 Å². The van der Waals surface area contributed by atoms with E-state index in [-0.39, 0.29) is 12.4 Å². The van der Waals surface area contributed by atoms with Crippen molar-refractivity contribution in [2.24, 2.45) is 5.92 Å². The van der Waals surface area contributed by atoms with Crippen molar-refractivity contribution in [2.45, 2.75) is 24.8 Å². The van der Waals surface area contributed by atoms with Crippen LogP contribution >= 0.6 is 12.4 Å². The summed E-state index contributed by atoms with van der Waals surface area (Å²) < 4.78 is 0. The van der Waals surface area contributed by atoms with Gasteiger partial charge < -0.3 is 10.4 Å². The Morgan fingerprint density at radius 3 is 2.55 bits per heavy atom. The van der Waals surface area contributed by atoms with Crippen molar-refractivity contribution in [1.29, 1.82) is 0 Å². The number of aliphatic carboxylic acids is 1. The highest BCUT2D eigenvalue weighted by molar-refractivity contribution is 5.85. The lowest BCUT2D eigenvalue weighted by molar-refractivity contribution is -0.144. The van der Waals surface area contributed by atoms with Crippen LogP contribution in [0.3, 0.4) is 0 Å². The topological polar surface area (TPSA) is 49.3 Å². The van der Waals surface area contributed by atoms with Crippen LogP contribution in [0.2, 0.25) is 0 Å². The maximum atomic E-state index is 10.7. The van der Waals surface area contributed by atoms with Gasteiger partial charge in [-0.1, -0.05) is 0 Å².